The predicted octanol–water partition coefficient (Wildman–Crippen LogP) is 2.44. The summed E-state index contributed by atoms with van der Waals surface area (Å²) in [5.41, 5.74) is 1.94. The summed E-state index contributed by atoms with van der Waals surface area (Å²) in [7, 11) is 0. The van der Waals surface area contributed by atoms with Crippen LogP contribution in [0.3, 0.4) is 0 Å². The lowest BCUT2D eigenvalue weighted by Gasteiger charge is -2.39. The molecule has 0 bridgehead atoms. The van der Waals surface area contributed by atoms with Crippen LogP contribution in [0.25, 0.3) is 0 Å². The molecule has 0 aromatic heterocycles. The quantitative estimate of drug-likeness (QED) is 0.753. The van der Waals surface area contributed by atoms with Crippen LogP contribution in [0.15, 0.2) is 60.7 Å². The zero-order chi connectivity index (χ0) is 19.1. The largest absolute Gasteiger partial charge is 0.457 e. The van der Waals surface area contributed by atoms with Gasteiger partial charge < -0.3 is 24.1 Å². The second-order valence-corrected chi connectivity index (χ2v) is 6.39. The minimum absolute atomic E-state index is 0.108. The Kier molecular flexibility index (Phi) is 6.95. The van der Waals surface area contributed by atoms with E-state index in [9.17, 15) is 9.90 Å². The number of esters is 1. The molecular formula is C21H24O6. The fraction of sp³-hybridized carbons (Fsp3) is 0.381. The monoisotopic (exact) mass is 372 g/mol. The second-order valence-electron chi connectivity index (χ2n) is 6.39. The van der Waals surface area contributed by atoms with Gasteiger partial charge in [-0.25, -0.2) is 0 Å². The van der Waals surface area contributed by atoms with Crippen LogP contribution in [0.5, 0.6) is 0 Å². The van der Waals surface area contributed by atoms with E-state index in [0.29, 0.717) is 6.61 Å². The van der Waals surface area contributed by atoms with E-state index in [0.717, 1.165) is 11.1 Å². The van der Waals surface area contributed by atoms with Crippen molar-refractivity contribution in [2.24, 2.45) is 0 Å². The molecule has 0 radical (unpaired) electrons. The molecule has 144 valence electrons. The Labute approximate surface area is 158 Å². The molecule has 3 rings (SSSR count). The first kappa shape index (κ1) is 19.5. The van der Waals surface area contributed by atoms with Crippen molar-refractivity contribution >= 4 is 5.97 Å². The SMILES string of the molecule is CC(=O)OC1C(OCc2ccccc2)[C@H](O)OC[C@H]1OCc1ccccc1. The number of hydrogen-bond acceptors (Lipinski definition) is 6. The molecule has 0 aliphatic carbocycles. The predicted molar refractivity (Wildman–Crippen MR) is 97.6 cm³/mol. The van der Waals surface area contributed by atoms with Crippen LogP contribution in [-0.2, 0) is 37.0 Å². The number of ether oxygens (including phenoxy) is 4. The molecule has 1 aliphatic rings. The number of benzene rings is 2. The van der Waals surface area contributed by atoms with Gasteiger partial charge in [0.15, 0.2) is 12.4 Å². The zero-order valence-electron chi connectivity index (χ0n) is 15.2. The van der Waals surface area contributed by atoms with Gasteiger partial charge in [0, 0.05) is 6.92 Å². The van der Waals surface area contributed by atoms with E-state index in [-0.39, 0.29) is 13.2 Å². The Morgan fingerprint density at radius 1 is 0.963 bits per heavy atom. The Morgan fingerprint density at radius 3 is 2.07 bits per heavy atom. The third-order valence-electron chi connectivity index (χ3n) is 4.30. The topological polar surface area (TPSA) is 74.2 Å². The van der Waals surface area contributed by atoms with E-state index >= 15 is 0 Å². The molecule has 0 amide bonds. The van der Waals surface area contributed by atoms with E-state index in [1.807, 2.05) is 60.7 Å². The number of hydrogen-bond donors (Lipinski definition) is 1. The number of carbonyl (C=O) groups excluding carboxylic acids is 1. The van der Waals surface area contributed by atoms with Crippen molar-refractivity contribution < 1.29 is 28.8 Å². The first-order valence-electron chi connectivity index (χ1n) is 8.91. The normalized spacial score (nSPS) is 25.1. The number of aliphatic hydroxyl groups is 1. The average Bonchev–Trinajstić information content (AvgIpc) is 2.68. The third-order valence-corrected chi connectivity index (χ3v) is 4.30. The maximum Gasteiger partial charge on any atom is 0.303 e. The molecule has 1 aliphatic heterocycles. The molecule has 1 N–H and O–H groups in total. The fourth-order valence-corrected chi connectivity index (χ4v) is 2.96. The van der Waals surface area contributed by atoms with Crippen molar-refractivity contribution in [2.45, 2.75) is 44.7 Å². The molecule has 2 aromatic rings. The highest BCUT2D eigenvalue weighted by Crippen LogP contribution is 2.24. The lowest BCUT2D eigenvalue weighted by Crippen LogP contribution is -2.56. The lowest BCUT2D eigenvalue weighted by molar-refractivity contribution is -0.279. The van der Waals surface area contributed by atoms with E-state index in [1.165, 1.54) is 6.92 Å². The van der Waals surface area contributed by atoms with E-state index in [4.69, 9.17) is 18.9 Å². The third kappa shape index (κ3) is 5.61. The van der Waals surface area contributed by atoms with Gasteiger partial charge in [0.05, 0.1) is 19.8 Å². The van der Waals surface area contributed by atoms with Crippen molar-refractivity contribution in [3.05, 3.63) is 71.8 Å². The molecule has 1 fully saturated rings. The second kappa shape index (κ2) is 9.62. The molecule has 0 spiro atoms. The molecule has 0 saturated carbocycles. The van der Waals surface area contributed by atoms with Gasteiger partial charge in [-0.1, -0.05) is 60.7 Å². The number of aliphatic hydroxyl groups excluding tert-OH is 1. The molecule has 27 heavy (non-hydrogen) atoms. The van der Waals surface area contributed by atoms with E-state index in [2.05, 4.69) is 0 Å². The van der Waals surface area contributed by atoms with Gasteiger partial charge in [0.25, 0.3) is 0 Å². The van der Waals surface area contributed by atoms with Crippen molar-refractivity contribution in [1.29, 1.82) is 0 Å². The van der Waals surface area contributed by atoms with Crippen LogP contribution >= 0.6 is 0 Å². The fourth-order valence-electron chi connectivity index (χ4n) is 2.96. The standard InChI is InChI=1S/C21H24O6/c1-15(22)27-19-18(24-12-16-8-4-2-5-9-16)14-26-21(23)20(19)25-13-17-10-6-3-7-11-17/h2-11,18-21,23H,12-14H2,1H3/t18-,19?,20?,21-/m1/s1. The summed E-state index contributed by atoms with van der Waals surface area (Å²) in [5, 5.41) is 10.2. The summed E-state index contributed by atoms with van der Waals surface area (Å²) in [6.45, 7) is 2.03. The van der Waals surface area contributed by atoms with Crippen molar-refractivity contribution in [3.63, 3.8) is 0 Å². The van der Waals surface area contributed by atoms with Gasteiger partial charge in [-0.15, -0.1) is 0 Å². The smallest absolute Gasteiger partial charge is 0.303 e. The summed E-state index contributed by atoms with van der Waals surface area (Å²) < 4.78 is 22.6. The van der Waals surface area contributed by atoms with Gasteiger partial charge in [-0.3, -0.25) is 4.79 Å². The summed E-state index contributed by atoms with van der Waals surface area (Å²) in [6, 6.07) is 19.2. The minimum atomic E-state index is -1.20. The van der Waals surface area contributed by atoms with Crippen LogP contribution in [0.1, 0.15) is 18.1 Å². The summed E-state index contributed by atoms with van der Waals surface area (Å²) in [6.07, 6.45) is -3.35. The molecule has 6 heteroatoms. The molecular weight excluding hydrogens is 348 g/mol. The number of carbonyl (C=O) groups is 1. The maximum atomic E-state index is 11.6. The highest BCUT2D eigenvalue weighted by molar-refractivity contribution is 5.66. The summed E-state index contributed by atoms with van der Waals surface area (Å²) >= 11 is 0. The van der Waals surface area contributed by atoms with Gasteiger partial charge in [-0.2, -0.15) is 0 Å². The lowest BCUT2D eigenvalue weighted by atomic mass is 10.0. The Bertz CT molecular complexity index is 705. The van der Waals surface area contributed by atoms with Crippen molar-refractivity contribution in [2.75, 3.05) is 6.61 Å². The maximum absolute atomic E-state index is 11.6. The zero-order valence-corrected chi connectivity index (χ0v) is 15.2. The minimum Gasteiger partial charge on any atom is -0.457 e. The van der Waals surface area contributed by atoms with Crippen LogP contribution in [0.4, 0.5) is 0 Å². The van der Waals surface area contributed by atoms with Gasteiger partial charge in [0.2, 0.25) is 0 Å². The summed E-state index contributed by atoms with van der Waals surface area (Å²) in [5.74, 6) is -0.462. The first-order chi connectivity index (χ1) is 13.1. The number of rotatable bonds is 7. The van der Waals surface area contributed by atoms with Gasteiger partial charge in [0.1, 0.15) is 12.2 Å². The average molecular weight is 372 g/mol. The molecule has 4 atom stereocenters. The van der Waals surface area contributed by atoms with E-state index < -0.39 is 30.6 Å². The molecule has 2 aromatic carbocycles. The van der Waals surface area contributed by atoms with Crippen molar-refractivity contribution in [3.8, 4) is 0 Å². The Balaban J connectivity index is 1.68. The van der Waals surface area contributed by atoms with Crippen LogP contribution in [-0.4, -0.2) is 42.3 Å². The van der Waals surface area contributed by atoms with Crippen LogP contribution in [0.2, 0.25) is 0 Å². The van der Waals surface area contributed by atoms with Crippen LogP contribution < -0.4 is 0 Å². The van der Waals surface area contributed by atoms with Gasteiger partial charge in [-0.05, 0) is 11.1 Å². The molecule has 1 saturated heterocycles. The molecule has 6 nitrogen and oxygen atoms in total. The van der Waals surface area contributed by atoms with Crippen molar-refractivity contribution in [1.82, 2.24) is 0 Å². The highest BCUT2D eigenvalue weighted by Gasteiger charge is 2.43. The molecule has 2 unspecified atom stereocenters. The van der Waals surface area contributed by atoms with Gasteiger partial charge >= 0.3 is 5.97 Å². The highest BCUT2D eigenvalue weighted by atomic mass is 16.7. The summed E-state index contributed by atoms with van der Waals surface area (Å²) in [4.78, 5) is 11.6. The Morgan fingerprint density at radius 2 is 1.52 bits per heavy atom. The van der Waals surface area contributed by atoms with E-state index in [1.54, 1.807) is 0 Å². The molecule has 1 heterocycles. The van der Waals surface area contributed by atoms with Crippen LogP contribution in [0, 0.1) is 0 Å². The Hall–Kier alpha value is -2.25. The first-order valence-corrected chi connectivity index (χ1v) is 8.91.